The predicted octanol–water partition coefficient (Wildman–Crippen LogP) is 3.84. The van der Waals surface area contributed by atoms with Crippen LogP contribution >= 0.6 is 0 Å². The van der Waals surface area contributed by atoms with Crippen LogP contribution in [0.1, 0.15) is 36.1 Å². The van der Waals surface area contributed by atoms with Gasteiger partial charge in [0.05, 0.1) is 0 Å². The Hall–Kier alpha value is -2.33. The third-order valence-electron chi connectivity index (χ3n) is 4.65. The molecule has 0 bridgehead atoms. The SMILES string of the molecule is Cc1cccc(C)c1OCC(=O)NCc1ccccc1CN(C)C(C)C. The zero-order valence-electron chi connectivity index (χ0n) is 16.5. The molecule has 2 aromatic carbocycles. The van der Waals surface area contributed by atoms with Crippen LogP contribution in [-0.4, -0.2) is 30.5 Å². The first-order valence-electron chi connectivity index (χ1n) is 9.11. The summed E-state index contributed by atoms with van der Waals surface area (Å²) in [7, 11) is 2.11. The molecule has 0 heterocycles. The number of rotatable bonds is 8. The number of hydrogen-bond acceptors (Lipinski definition) is 3. The lowest BCUT2D eigenvalue weighted by atomic mass is 10.1. The summed E-state index contributed by atoms with van der Waals surface area (Å²) < 4.78 is 5.72. The van der Waals surface area contributed by atoms with Crippen molar-refractivity contribution in [3.05, 3.63) is 64.7 Å². The normalized spacial score (nSPS) is 11.0. The first kappa shape index (κ1) is 20.0. The van der Waals surface area contributed by atoms with Crippen LogP contribution in [0, 0.1) is 13.8 Å². The second-order valence-electron chi connectivity index (χ2n) is 7.06. The lowest BCUT2D eigenvalue weighted by molar-refractivity contribution is -0.123. The highest BCUT2D eigenvalue weighted by atomic mass is 16.5. The molecule has 0 aliphatic heterocycles. The Morgan fingerprint density at radius 3 is 2.27 bits per heavy atom. The zero-order chi connectivity index (χ0) is 19.1. The maximum absolute atomic E-state index is 12.2. The molecule has 140 valence electrons. The molecule has 4 heteroatoms. The van der Waals surface area contributed by atoms with Gasteiger partial charge in [0.2, 0.25) is 0 Å². The number of benzene rings is 2. The van der Waals surface area contributed by atoms with Crippen molar-refractivity contribution in [1.29, 1.82) is 0 Å². The molecule has 4 nitrogen and oxygen atoms in total. The predicted molar refractivity (Wildman–Crippen MR) is 106 cm³/mol. The highest BCUT2D eigenvalue weighted by molar-refractivity contribution is 5.77. The van der Waals surface area contributed by atoms with Crippen LogP contribution in [0.15, 0.2) is 42.5 Å². The minimum atomic E-state index is -0.111. The highest BCUT2D eigenvalue weighted by Gasteiger charge is 2.10. The van der Waals surface area contributed by atoms with Gasteiger partial charge in [-0.1, -0.05) is 42.5 Å². The van der Waals surface area contributed by atoms with Gasteiger partial charge < -0.3 is 10.1 Å². The molecule has 26 heavy (non-hydrogen) atoms. The van der Waals surface area contributed by atoms with Gasteiger partial charge in [0, 0.05) is 19.1 Å². The summed E-state index contributed by atoms with van der Waals surface area (Å²) in [5, 5.41) is 2.97. The van der Waals surface area contributed by atoms with Crippen molar-refractivity contribution >= 4 is 5.91 Å². The molecular formula is C22H30N2O2. The van der Waals surface area contributed by atoms with Gasteiger partial charge in [0.1, 0.15) is 5.75 Å². The monoisotopic (exact) mass is 354 g/mol. The second-order valence-corrected chi connectivity index (χ2v) is 7.06. The Labute approximate surface area is 157 Å². The molecule has 0 aliphatic rings. The summed E-state index contributed by atoms with van der Waals surface area (Å²) >= 11 is 0. The summed E-state index contributed by atoms with van der Waals surface area (Å²) in [4.78, 5) is 14.5. The van der Waals surface area contributed by atoms with Crippen molar-refractivity contribution in [3.63, 3.8) is 0 Å². The third-order valence-corrected chi connectivity index (χ3v) is 4.65. The van der Waals surface area contributed by atoms with Crippen molar-refractivity contribution in [2.75, 3.05) is 13.7 Å². The summed E-state index contributed by atoms with van der Waals surface area (Å²) in [5.41, 5.74) is 4.46. The smallest absolute Gasteiger partial charge is 0.258 e. The van der Waals surface area contributed by atoms with E-state index in [9.17, 15) is 4.79 Å². The number of carbonyl (C=O) groups excluding carboxylic acids is 1. The Morgan fingerprint density at radius 2 is 1.65 bits per heavy atom. The first-order chi connectivity index (χ1) is 12.4. The van der Waals surface area contributed by atoms with Crippen molar-refractivity contribution in [3.8, 4) is 5.75 Å². The van der Waals surface area contributed by atoms with Crippen LogP contribution in [0.2, 0.25) is 0 Å². The average molecular weight is 354 g/mol. The number of aryl methyl sites for hydroxylation is 2. The minimum absolute atomic E-state index is 0.0275. The third kappa shape index (κ3) is 5.60. The van der Waals surface area contributed by atoms with Crippen molar-refractivity contribution in [2.45, 2.75) is 46.8 Å². The van der Waals surface area contributed by atoms with Gasteiger partial charge in [-0.2, -0.15) is 0 Å². The van der Waals surface area contributed by atoms with Crippen molar-refractivity contribution < 1.29 is 9.53 Å². The number of carbonyl (C=O) groups is 1. The lowest BCUT2D eigenvalue weighted by Gasteiger charge is -2.22. The van der Waals surface area contributed by atoms with E-state index in [0.29, 0.717) is 12.6 Å². The van der Waals surface area contributed by atoms with E-state index in [-0.39, 0.29) is 12.5 Å². The molecule has 0 atom stereocenters. The molecular weight excluding hydrogens is 324 g/mol. The van der Waals surface area contributed by atoms with Crippen LogP contribution in [-0.2, 0) is 17.9 Å². The molecule has 0 unspecified atom stereocenters. The molecule has 1 N–H and O–H groups in total. The van der Waals surface area contributed by atoms with Crippen molar-refractivity contribution in [2.24, 2.45) is 0 Å². The molecule has 0 saturated heterocycles. The molecule has 0 spiro atoms. The van der Waals surface area contributed by atoms with Gasteiger partial charge in [-0.3, -0.25) is 9.69 Å². The van der Waals surface area contributed by atoms with Gasteiger partial charge in [-0.05, 0) is 57.0 Å². The van der Waals surface area contributed by atoms with E-state index in [0.717, 1.165) is 29.0 Å². The fourth-order valence-corrected chi connectivity index (χ4v) is 2.74. The summed E-state index contributed by atoms with van der Waals surface area (Å²) in [6.07, 6.45) is 0. The number of amides is 1. The Morgan fingerprint density at radius 1 is 1.04 bits per heavy atom. The number of ether oxygens (including phenoxy) is 1. The van der Waals surface area contributed by atoms with Crippen LogP contribution in [0.3, 0.4) is 0 Å². The summed E-state index contributed by atoms with van der Waals surface area (Å²) in [6, 6.07) is 14.7. The average Bonchev–Trinajstić information content (AvgIpc) is 2.60. The second kappa shape index (κ2) is 9.39. The fourth-order valence-electron chi connectivity index (χ4n) is 2.74. The quantitative estimate of drug-likeness (QED) is 0.783. The maximum Gasteiger partial charge on any atom is 0.258 e. The van der Waals surface area contributed by atoms with Gasteiger partial charge >= 0.3 is 0 Å². The van der Waals surface area contributed by atoms with E-state index in [1.807, 2.05) is 44.2 Å². The van der Waals surface area contributed by atoms with Gasteiger partial charge in [-0.15, -0.1) is 0 Å². The molecule has 1 amide bonds. The summed E-state index contributed by atoms with van der Waals surface area (Å²) in [5.74, 6) is 0.682. The van der Waals surface area contributed by atoms with Gasteiger partial charge in [0.15, 0.2) is 6.61 Å². The van der Waals surface area contributed by atoms with E-state index < -0.39 is 0 Å². The maximum atomic E-state index is 12.2. The Bertz CT molecular complexity index is 720. The topological polar surface area (TPSA) is 41.6 Å². The standard InChI is InChI=1S/C22H30N2O2/c1-16(2)24(5)14-20-12-7-6-11-19(20)13-23-21(25)15-26-22-17(3)9-8-10-18(22)4/h6-12,16H,13-15H2,1-5H3,(H,23,25). The summed E-state index contributed by atoms with van der Waals surface area (Å²) in [6.45, 7) is 9.73. The van der Waals surface area contributed by atoms with E-state index >= 15 is 0 Å². The Kier molecular flexibility index (Phi) is 7.22. The van der Waals surface area contributed by atoms with E-state index in [2.05, 4.69) is 43.2 Å². The van der Waals surface area contributed by atoms with E-state index in [4.69, 9.17) is 4.74 Å². The van der Waals surface area contributed by atoms with Crippen LogP contribution in [0.4, 0.5) is 0 Å². The van der Waals surface area contributed by atoms with Gasteiger partial charge in [0.25, 0.3) is 5.91 Å². The van der Waals surface area contributed by atoms with Crippen LogP contribution in [0.25, 0.3) is 0 Å². The van der Waals surface area contributed by atoms with Crippen molar-refractivity contribution in [1.82, 2.24) is 10.2 Å². The molecule has 2 aromatic rings. The highest BCUT2D eigenvalue weighted by Crippen LogP contribution is 2.22. The molecule has 0 saturated carbocycles. The molecule has 0 fully saturated rings. The lowest BCUT2D eigenvalue weighted by Crippen LogP contribution is -2.30. The number of hydrogen-bond donors (Lipinski definition) is 1. The van der Waals surface area contributed by atoms with Crippen LogP contribution < -0.4 is 10.1 Å². The zero-order valence-corrected chi connectivity index (χ0v) is 16.5. The first-order valence-corrected chi connectivity index (χ1v) is 9.11. The largest absolute Gasteiger partial charge is 0.483 e. The number of nitrogens with zero attached hydrogens (tertiary/aromatic N) is 1. The molecule has 0 radical (unpaired) electrons. The number of nitrogens with one attached hydrogen (secondary N) is 1. The minimum Gasteiger partial charge on any atom is -0.483 e. The molecule has 0 aliphatic carbocycles. The molecule has 2 rings (SSSR count). The Balaban J connectivity index is 1.91. The number of para-hydroxylation sites is 1. The van der Waals surface area contributed by atoms with Gasteiger partial charge in [-0.25, -0.2) is 0 Å². The molecule has 0 aromatic heterocycles. The van der Waals surface area contributed by atoms with E-state index in [1.165, 1.54) is 5.56 Å². The van der Waals surface area contributed by atoms with E-state index in [1.54, 1.807) is 0 Å². The van der Waals surface area contributed by atoms with Crippen LogP contribution in [0.5, 0.6) is 5.75 Å². The fraction of sp³-hybridized carbons (Fsp3) is 0.409.